The van der Waals surface area contributed by atoms with Crippen molar-refractivity contribution in [2.75, 3.05) is 51.0 Å². The van der Waals surface area contributed by atoms with Crippen LogP contribution in [-0.2, 0) is 19.1 Å². The molecule has 0 saturated carbocycles. The summed E-state index contributed by atoms with van der Waals surface area (Å²) in [4.78, 5) is 35.4. The van der Waals surface area contributed by atoms with Crippen molar-refractivity contribution in [1.29, 1.82) is 0 Å². The third-order valence-electron chi connectivity index (χ3n) is 6.87. The number of fused-ring (bicyclic) bond motifs is 3. The second-order valence-electron chi connectivity index (χ2n) is 9.23. The van der Waals surface area contributed by atoms with E-state index < -0.39 is 11.6 Å². The van der Waals surface area contributed by atoms with E-state index in [1.165, 1.54) is 0 Å². The molecule has 9 heteroatoms. The van der Waals surface area contributed by atoms with Gasteiger partial charge in [0, 0.05) is 43.7 Å². The van der Waals surface area contributed by atoms with Crippen molar-refractivity contribution in [2.45, 2.75) is 24.5 Å². The van der Waals surface area contributed by atoms with Crippen molar-refractivity contribution in [3.63, 3.8) is 0 Å². The van der Waals surface area contributed by atoms with E-state index in [2.05, 4.69) is 6.58 Å². The number of amides is 2. The number of hydrogen-bond acceptors (Lipinski definition) is 7. The molecule has 2 aromatic carbocycles. The minimum absolute atomic E-state index is 0.0695. The third-order valence-corrected chi connectivity index (χ3v) is 6.87. The summed E-state index contributed by atoms with van der Waals surface area (Å²) >= 11 is 0. The average molecular weight is 506 g/mol. The van der Waals surface area contributed by atoms with Crippen molar-refractivity contribution in [3.8, 4) is 5.75 Å². The van der Waals surface area contributed by atoms with Gasteiger partial charge >= 0.3 is 0 Å². The minimum Gasteiger partial charge on any atom is -0.494 e. The highest BCUT2D eigenvalue weighted by atomic mass is 16.5. The SMILES string of the molecule is C=CC[C@]12N=C(c3ccc(OCCCO)cc3)O[C@H]1c1ccccc1N(CC(=O)N1CCOCC1)C2=O. The Morgan fingerprint density at radius 1 is 1.19 bits per heavy atom. The molecule has 1 saturated heterocycles. The van der Waals surface area contributed by atoms with E-state index in [-0.39, 0.29) is 31.4 Å². The van der Waals surface area contributed by atoms with Gasteiger partial charge in [0.15, 0.2) is 11.6 Å². The number of rotatable bonds is 9. The van der Waals surface area contributed by atoms with Gasteiger partial charge in [0.1, 0.15) is 12.3 Å². The van der Waals surface area contributed by atoms with Crippen LogP contribution >= 0.6 is 0 Å². The lowest BCUT2D eigenvalue weighted by molar-refractivity contribution is -0.136. The molecular formula is C28H31N3O6. The predicted molar refractivity (Wildman–Crippen MR) is 138 cm³/mol. The third kappa shape index (κ3) is 4.72. The Balaban J connectivity index is 1.47. The number of carbonyl (C=O) groups is 2. The molecule has 37 heavy (non-hydrogen) atoms. The quantitative estimate of drug-likeness (QED) is 0.415. The van der Waals surface area contributed by atoms with Crippen LogP contribution < -0.4 is 9.64 Å². The zero-order chi connectivity index (χ0) is 25.8. The number of para-hydroxylation sites is 1. The fourth-order valence-electron chi connectivity index (χ4n) is 5.00. The smallest absolute Gasteiger partial charge is 0.260 e. The maximum absolute atomic E-state index is 14.1. The molecule has 2 atom stereocenters. The van der Waals surface area contributed by atoms with Crippen LogP contribution in [0.4, 0.5) is 5.69 Å². The first-order valence-electron chi connectivity index (χ1n) is 12.6. The lowest BCUT2D eigenvalue weighted by atomic mass is 9.80. The predicted octanol–water partition coefficient (Wildman–Crippen LogP) is 2.49. The Morgan fingerprint density at radius 2 is 1.95 bits per heavy atom. The first kappa shape index (κ1) is 25.0. The number of benzene rings is 2. The van der Waals surface area contributed by atoms with E-state index in [9.17, 15) is 9.59 Å². The van der Waals surface area contributed by atoms with Gasteiger partial charge < -0.3 is 29.1 Å². The molecule has 0 unspecified atom stereocenters. The minimum atomic E-state index is -1.26. The van der Waals surface area contributed by atoms with Gasteiger partial charge in [0.2, 0.25) is 11.8 Å². The number of aliphatic imine (C=N–C) groups is 1. The summed E-state index contributed by atoms with van der Waals surface area (Å²) in [5, 5.41) is 8.95. The number of aliphatic hydroxyl groups is 1. The van der Waals surface area contributed by atoms with Crippen molar-refractivity contribution in [1.82, 2.24) is 4.90 Å². The van der Waals surface area contributed by atoms with Crippen LogP contribution in [0.3, 0.4) is 0 Å². The van der Waals surface area contributed by atoms with Crippen LogP contribution in [0, 0.1) is 0 Å². The fraction of sp³-hybridized carbons (Fsp3) is 0.393. The van der Waals surface area contributed by atoms with Gasteiger partial charge in [-0.25, -0.2) is 4.99 Å². The number of aliphatic hydroxyl groups excluding tert-OH is 1. The number of hydrogen-bond donors (Lipinski definition) is 1. The fourth-order valence-corrected chi connectivity index (χ4v) is 5.00. The standard InChI is InChI=1S/C28H31N3O6/c1-2-12-28-25(37-26(29-28)20-8-10-21(11-9-20)36-16-5-15-32)22-6-3-4-7-23(22)31(27(28)34)19-24(33)30-13-17-35-18-14-30/h2-4,6-11,25,32H,1,5,12-19H2/t25-,28-/m0/s1. The summed E-state index contributed by atoms with van der Waals surface area (Å²) in [6.07, 6.45) is 1.85. The Morgan fingerprint density at radius 3 is 2.68 bits per heavy atom. The second-order valence-corrected chi connectivity index (χ2v) is 9.23. The van der Waals surface area contributed by atoms with Gasteiger partial charge in [0.25, 0.3) is 5.91 Å². The van der Waals surface area contributed by atoms with Crippen LogP contribution in [-0.4, -0.2) is 79.3 Å². The van der Waals surface area contributed by atoms with Gasteiger partial charge in [0.05, 0.1) is 25.5 Å². The van der Waals surface area contributed by atoms with Crippen LogP contribution in [0.1, 0.15) is 30.1 Å². The average Bonchev–Trinajstić information content (AvgIpc) is 3.33. The molecule has 3 heterocycles. The molecule has 5 rings (SSSR count). The van der Waals surface area contributed by atoms with Crippen molar-refractivity contribution < 1.29 is 28.9 Å². The first-order valence-corrected chi connectivity index (χ1v) is 12.6. The van der Waals surface area contributed by atoms with Gasteiger partial charge in [-0.2, -0.15) is 0 Å². The number of morpholine rings is 1. The molecule has 0 radical (unpaired) electrons. The van der Waals surface area contributed by atoms with E-state index >= 15 is 0 Å². The summed E-state index contributed by atoms with van der Waals surface area (Å²) < 4.78 is 17.4. The molecule has 0 aromatic heterocycles. The van der Waals surface area contributed by atoms with E-state index in [1.807, 2.05) is 48.5 Å². The van der Waals surface area contributed by atoms with Crippen molar-refractivity contribution in [3.05, 3.63) is 72.3 Å². The number of carbonyl (C=O) groups excluding carboxylic acids is 2. The summed E-state index contributed by atoms with van der Waals surface area (Å²) in [5.41, 5.74) is 0.922. The molecule has 2 aromatic rings. The zero-order valence-electron chi connectivity index (χ0n) is 20.7. The highest BCUT2D eigenvalue weighted by molar-refractivity contribution is 6.11. The Labute approximate surface area is 215 Å². The van der Waals surface area contributed by atoms with E-state index in [0.717, 1.165) is 5.56 Å². The first-order chi connectivity index (χ1) is 18.1. The van der Waals surface area contributed by atoms with E-state index in [1.54, 1.807) is 15.9 Å². The Kier molecular flexibility index (Phi) is 7.25. The Hall–Kier alpha value is -3.69. The van der Waals surface area contributed by atoms with Gasteiger partial charge in [-0.15, -0.1) is 6.58 Å². The Bertz CT molecular complexity index is 1190. The monoisotopic (exact) mass is 505 g/mol. The molecule has 0 spiro atoms. The van der Waals surface area contributed by atoms with E-state index in [4.69, 9.17) is 24.3 Å². The molecule has 3 aliphatic rings. The number of anilines is 1. The molecule has 1 fully saturated rings. The number of nitrogens with zero attached hydrogens (tertiary/aromatic N) is 3. The topological polar surface area (TPSA) is 101 Å². The molecule has 9 nitrogen and oxygen atoms in total. The second kappa shape index (κ2) is 10.7. The normalized spacial score (nSPS) is 22.6. The summed E-state index contributed by atoms with van der Waals surface area (Å²) in [7, 11) is 0. The molecule has 194 valence electrons. The molecule has 0 aliphatic carbocycles. The number of ether oxygens (including phenoxy) is 3. The maximum atomic E-state index is 14.1. The van der Waals surface area contributed by atoms with Crippen LogP contribution in [0.15, 0.2) is 66.2 Å². The highest BCUT2D eigenvalue weighted by Crippen LogP contribution is 2.50. The highest BCUT2D eigenvalue weighted by Gasteiger charge is 2.58. The van der Waals surface area contributed by atoms with Gasteiger partial charge in [-0.05, 0) is 30.3 Å². The zero-order valence-corrected chi connectivity index (χ0v) is 20.7. The molecule has 2 amide bonds. The summed E-state index contributed by atoms with van der Waals surface area (Å²) in [6.45, 7) is 6.30. The molecule has 1 N–H and O–H groups in total. The maximum Gasteiger partial charge on any atom is 0.260 e. The largest absolute Gasteiger partial charge is 0.494 e. The molecule has 0 bridgehead atoms. The lowest BCUT2D eigenvalue weighted by Crippen LogP contribution is -2.57. The summed E-state index contributed by atoms with van der Waals surface area (Å²) in [5.74, 6) is 0.622. The molecule has 3 aliphatic heterocycles. The summed E-state index contributed by atoms with van der Waals surface area (Å²) in [6, 6.07) is 14.8. The van der Waals surface area contributed by atoms with Gasteiger partial charge in [-0.1, -0.05) is 24.3 Å². The van der Waals surface area contributed by atoms with Crippen LogP contribution in [0.2, 0.25) is 0 Å². The van der Waals surface area contributed by atoms with Crippen LogP contribution in [0.5, 0.6) is 5.75 Å². The van der Waals surface area contributed by atoms with Gasteiger partial charge in [-0.3, -0.25) is 9.59 Å². The van der Waals surface area contributed by atoms with Crippen molar-refractivity contribution >= 4 is 23.4 Å². The van der Waals surface area contributed by atoms with Crippen molar-refractivity contribution in [2.24, 2.45) is 4.99 Å². The van der Waals surface area contributed by atoms with Crippen LogP contribution in [0.25, 0.3) is 0 Å². The molecular weight excluding hydrogens is 474 g/mol. The lowest BCUT2D eigenvalue weighted by Gasteiger charge is -2.41. The van der Waals surface area contributed by atoms with E-state index in [0.29, 0.717) is 62.2 Å².